The van der Waals surface area contributed by atoms with E-state index in [0.29, 0.717) is 23.3 Å². The molecule has 0 bridgehead atoms. The van der Waals surface area contributed by atoms with Gasteiger partial charge in [0.2, 0.25) is 0 Å². The number of H-pyrrole nitrogens is 1. The van der Waals surface area contributed by atoms with Gasteiger partial charge in [0.15, 0.2) is 12.4 Å². The van der Waals surface area contributed by atoms with E-state index < -0.39 is 11.5 Å². The molecule has 4 rings (SSSR count). The number of nitrogens with zero attached hydrogens (tertiary/aromatic N) is 3. The fourth-order valence-electron chi connectivity index (χ4n) is 3.10. The highest BCUT2D eigenvalue weighted by Crippen LogP contribution is 2.44. The van der Waals surface area contributed by atoms with Gasteiger partial charge in [0.05, 0.1) is 0 Å². The average molecular weight is 328 g/mol. The van der Waals surface area contributed by atoms with Crippen molar-refractivity contribution in [3.05, 3.63) is 44.9 Å². The summed E-state index contributed by atoms with van der Waals surface area (Å²) in [5.74, 6) is 1.58. The van der Waals surface area contributed by atoms with Crippen molar-refractivity contribution >= 4 is 5.97 Å². The van der Waals surface area contributed by atoms with Crippen LogP contribution in [0.25, 0.3) is 0 Å². The van der Waals surface area contributed by atoms with E-state index in [9.17, 15) is 9.59 Å². The first kappa shape index (κ1) is 15.1. The fraction of sp³-hybridized carbons (Fsp3) is 0.529. The number of aromatic nitrogens is 4. The molecule has 7 heteroatoms. The number of pyridine rings is 1. The van der Waals surface area contributed by atoms with E-state index in [1.165, 1.54) is 0 Å². The van der Waals surface area contributed by atoms with Gasteiger partial charge in [-0.05, 0) is 51.2 Å². The summed E-state index contributed by atoms with van der Waals surface area (Å²) in [6.45, 7) is 3.56. The van der Waals surface area contributed by atoms with Gasteiger partial charge in [-0.25, -0.2) is 4.79 Å². The van der Waals surface area contributed by atoms with Gasteiger partial charge in [0.25, 0.3) is 5.56 Å². The van der Waals surface area contributed by atoms with Gasteiger partial charge >= 0.3 is 5.97 Å². The third kappa shape index (κ3) is 2.74. The van der Waals surface area contributed by atoms with Crippen LogP contribution in [0.15, 0.2) is 10.9 Å². The lowest BCUT2D eigenvalue weighted by Crippen LogP contribution is -2.22. The van der Waals surface area contributed by atoms with Crippen molar-refractivity contribution < 1.29 is 9.53 Å². The average Bonchev–Trinajstić information content (AvgIpc) is 3.42. The third-order valence-corrected chi connectivity index (χ3v) is 4.55. The Bertz CT molecular complexity index is 859. The van der Waals surface area contributed by atoms with Crippen LogP contribution in [0.5, 0.6) is 0 Å². The zero-order chi connectivity index (χ0) is 16.8. The molecular formula is C17H20N4O3. The number of hydrogen-bond donors (Lipinski definition) is 1. The van der Waals surface area contributed by atoms with Crippen molar-refractivity contribution in [3.63, 3.8) is 0 Å². The second kappa shape index (κ2) is 5.58. The van der Waals surface area contributed by atoms with Crippen LogP contribution in [-0.2, 0) is 11.3 Å². The quantitative estimate of drug-likeness (QED) is 0.849. The molecule has 1 N–H and O–H groups in total. The molecule has 0 amide bonds. The van der Waals surface area contributed by atoms with Crippen molar-refractivity contribution in [2.45, 2.75) is 58.1 Å². The Morgan fingerprint density at radius 3 is 2.67 bits per heavy atom. The molecule has 2 aromatic heterocycles. The standard InChI is InChI=1S/C17H20N4O3/c1-9-7-10(2)18-16(22)14(9)17(23)24-8-13-19-20-15(11-3-4-11)21(13)12-5-6-12/h7,11-12H,3-6,8H2,1-2H3,(H,18,22). The van der Waals surface area contributed by atoms with E-state index in [-0.39, 0.29) is 12.2 Å². The maximum absolute atomic E-state index is 12.3. The Labute approximate surface area is 139 Å². The molecule has 0 spiro atoms. The minimum atomic E-state index is -0.618. The van der Waals surface area contributed by atoms with Gasteiger partial charge in [-0.15, -0.1) is 10.2 Å². The van der Waals surface area contributed by atoms with Crippen molar-refractivity contribution in [2.24, 2.45) is 0 Å². The lowest BCUT2D eigenvalue weighted by molar-refractivity contribution is 0.0454. The van der Waals surface area contributed by atoms with Gasteiger partial charge in [-0.3, -0.25) is 4.79 Å². The Hall–Kier alpha value is -2.44. The third-order valence-electron chi connectivity index (χ3n) is 4.55. The molecule has 2 heterocycles. The molecule has 2 aromatic rings. The summed E-state index contributed by atoms with van der Waals surface area (Å²) in [4.78, 5) is 27.0. The number of aryl methyl sites for hydroxylation is 2. The second-order valence-corrected chi connectivity index (χ2v) is 6.77. The lowest BCUT2D eigenvalue weighted by Gasteiger charge is -2.10. The molecule has 2 fully saturated rings. The summed E-state index contributed by atoms with van der Waals surface area (Å²) in [6, 6.07) is 2.20. The van der Waals surface area contributed by atoms with Crippen molar-refractivity contribution in [2.75, 3.05) is 0 Å². The molecule has 0 aromatic carbocycles. The van der Waals surface area contributed by atoms with E-state index in [1.54, 1.807) is 19.9 Å². The lowest BCUT2D eigenvalue weighted by atomic mass is 10.1. The zero-order valence-electron chi connectivity index (χ0n) is 13.8. The Balaban J connectivity index is 1.53. The van der Waals surface area contributed by atoms with Crippen molar-refractivity contribution in [3.8, 4) is 0 Å². The van der Waals surface area contributed by atoms with E-state index in [0.717, 1.165) is 37.2 Å². The molecule has 126 valence electrons. The molecule has 0 unspecified atom stereocenters. The first-order valence-corrected chi connectivity index (χ1v) is 8.36. The number of rotatable bonds is 5. The maximum atomic E-state index is 12.3. The maximum Gasteiger partial charge on any atom is 0.344 e. The summed E-state index contributed by atoms with van der Waals surface area (Å²) in [5, 5.41) is 8.50. The van der Waals surface area contributed by atoms with Gasteiger partial charge in [0.1, 0.15) is 11.4 Å². The highest BCUT2D eigenvalue weighted by Gasteiger charge is 2.36. The van der Waals surface area contributed by atoms with Gasteiger partial charge < -0.3 is 14.3 Å². The number of carbonyl (C=O) groups is 1. The van der Waals surface area contributed by atoms with E-state index in [1.807, 2.05) is 0 Å². The smallest absolute Gasteiger partial charge is 0.344 e. The fourth-order valence-corrected chi connectivity index (χ4v) is 3.10. The summed E-state index contributed by atoms with van der Waals surface area (Å²) >= 11 is 0. The molecule has 24 heavy (non-hydrogen) atoms. The van der Waals surface area contributed by atoms with E-state index in [4.69, 9.17) is 4.74 Å². The first-order chi connectivity index (χ1) is 11.5. The minimum Gasteiger partial charge on any atom is -0.454 e. The van der Waals surface area contributed by atoms with Crippen LogP contribution in [0.3, 0.4) is 0 Å². The minimum absolute atomic E-state index is 0.0435. The van der Waals surface area contributed by atoms with Crippen LogP contribution in [0.4, 0.5) is 0 Å². The first-order valence-electron chi connectivity index (χ1n) is 8.36. The summed E-state index contributed by atoms with van der Waals surface area (Å²) in [5.41, 5.74) is 0.973. The van der Waals surface area contributed by atoms with Gasteiger partial charge in [-0.2, -0.15) is 0 Å². The Morgan fingerprint density at radius 1 is 1.29 bits per heavy atom. The van der Waals surface area contributed by atoms with Crippen LogP contribution in [0, 0.1) is 13.8 Å². The number of nitrogens with one attached hydrogen (secondary N) is 1. The van der Waals surface area contributed by atoms with Crippen LogP contribution >= 0.6 is 0 Å². The molecule has 0 radical (unpaired) electrons. The molecule has 0 atom stereocenters. The number of aromatic amines is 1. The topological polar surface area (TPSA) is 89.9 Å². The predicted octanol–water partition coefficient (Wildman–Crippen LogP) is 2.15. The number of esters is 1. The van der Waals surface area contributed by atoms with Crippen molar-refractivity contribution in [1.29, 1.82) is 0 Å². The molecule has 0 saturated heterocycles. The van der Waals surface area contributed by atoms with Crippen LogP contribution in [0.1, 0.15) is 70.9 Å². The van der Waals surface area contributed by atoms with Crippen molar-refractivity contribution in [1.82, 2.24) is 19.7 Å². The number of hydrogen-bond acceptors (Lipinski definition) is 5. The molecule has 2 aliphatic carbocycles. The molecule has 0 aliphatic heterocycles. The number of carbonyl (C=O) groups excluding carboxylic acids is 1. The summed E-state index contributed by atoms with van der Waals surface area (Å²) in [7, 11) is 0. The molecule has 2 saturated carbocycles. The van der Waals surface area contributed by atoms with E-state index >= 15 is 0 Å². The molecular weight excluding hydrogens is 308 g/mol. The highest BCUT2D eigenvalue weighted by atomic mass is 16.5. The zero-order valence-corrected chi connectivity index (χ0v) is 13.8. The number of ether oxygens (including phenoxy) is 1. The van der Waals surface area contributed by atoms with Crippen LogP contribution in [-0.4, -0.2) is 25.7 Å². The summed E-state index contributed by atoms with van der Waals surface area (Å²) < 4.78 is 7.50. The molecule has 2 aliphatic rings. The second-order valence-electron chi connectivity index (χ2n) is 6.77. The highest BCUT2D eigenvalue weighted by molar-refractivity contribution is 5.90. The van der Waals surface area contributed by atoms with Gasteiger partial charge in [-0.1, -0.05) is 0 Å². The molecule has 7 nitrogen and oxygen atoms in total. The Morgan fingerprint density at radius 2 is 2.04 bits per heavy atom. The largest absolute Gasteiger partial charge is 0.454 e. The summed E-state index contributed by atoms with van der Waals surface area (Å²) in [6.07, 6.45) is 4.55. The predicted molar refractivity (Wildman–Crippen MR) is 85.9 cm³/mol. The van der Waals surface area contributed by atoms with Crippen LogP contribution < -0.4 is 5.56 Å². The SMILES string of the molecule is Cc1cc(C)c(C(=O)OCc2nnc(C3CC3)n2C2CC2)c(=O)[nH]1. The monoisotopic (exact) mass is 328 g/mol. The van der Waals surface area contributed by atoms with Crippen LogP contribution in [0.2, 0.25) is 0 Å². The van der Waals surface area contributed by atoms with E-state index in [2.05, 4.69) is 19.7 Å². The van der Waals surface area contributed by atoms with Gasteiger partial charge in [0, 0.05) is 17.7 Å². The normalized spacial score (nSPS) is 17.1. The Kier molecular flexibility index (Phi) is 3.51.